The predicted octanol–water partition coefficient (Wildman–Crippen LogP) is 9.79. The minimum atomic E-state index is 1.31. The lowest BCUT2D eigenvalue weighted by molar-refractivity contribution is 1.79. The van der Waals surface area contributed by atoms with E-state index in [1.807, 2.05) is 0 Å². The van der Waals surface area contributed by atoms with Crippen LogP contribution in [0.15, 0.2) is 109 Å². The van der Waals surface area contributed by atoms with Gasteiger partial charge in [-0.3, -0.25) is 0 Å². The molecule has 0 heteroatoms. The van der Waals surface area contributed by atoms with Crippen LogP contribution >= 0.6 is 0 Å². The first-order valence-corrected chi connectivity index (χ1v) is 12.0. The highest BCUT2D eigenvalue weighted by Gasteiger charge is 2.18. The fourth-order valence-electron chi connectivity index (χ4n) is 6.73. The Balaban J connectivity index is 1.67. The Morgan fingerprint density at radius 1 is 0.235 bits per heavy atom. The van der Waals surface area contributed by atoms with Gasteiger partial charge in [0.05, 0.1) is 0 Å². The monoisotopic (exact) mass is 426 g/mol. The van der Waals surface area contributed by atoms with E-state index in [0.29, 0.717) is 0 Å². The summed E-state index contributed by atoms with van der Waals surface area (Å²) in [7, 11) is 0. The topological polar surface area (TPSA) is 0 Å². The van der Waals surface area contributed by atoms with Crippen molar-refractivity contribution in [3.8, 4) is 0 Å². The highest BCUT2D eigenvalue weighted by molar-refractivity contribution is 6.41. The van der Waals surface area contributed by atoms with Gasteiger partial charge in [-0.2, -0.15) is 0 Å². The fraction of sp³-hybridized carbons (Fsp3) is 0. The van der Waals surface area contributed by atoms with Gasteiger partial charge in [0.25, 0.3) is 0 Å². The maximum atomic E-state index is 2.45. The second kappa shape index (κ2) is 5.73. The van der Waals surface area contributed by atoms with Crippen LogP contribution in [0.1, 0.15) is 0 Å². The molecule has 9 aromatic rings. The van der Waals surface area contributed by atoms with E-state index in [0.717, 1.165) is 0 Å². The van der Waals surface area contributed by atoms with Crippen LogP contribution < -0.4 is 0 Å². The van der Waals surface area contributed by atoms with Crippen molar-refractivity contribution in [1.29, 1.82) is 0 Å². The van der Waals surface area contributed by atoms with Crippen molar-refractivity contribution in [3.05, 3.63) is 109 Å². The average Bonchev–Trinajstić information content (AvgIpc) is 2.89. The summed E-state index contributed by atoms with van der Waals surface area (Å²) in [5.41, 5.74) is 0. The maximum Gasteiger partial charge on any atom is -0.00137 e. The predicted molar refractivity (Wildman–Crippen MR) is 149 cm³/mol. The Hall–Kier alpha value is -4.42. The van der Waals surface area contributed by atoms with Crippen LogP contribution in [0.25, 0.3) is 86.2 Å². The Morgan fingerprint density at radius 3 is 1.50 bits per heavy atom. The van der Waals surface area contributed by atoms with Crippen molar-refractivity contribution in [3.63, 3.8) is 0 Å². The highest BCUT2D eigenvalue weighted by atomic mass is 14.2. The Kier molecular flexibility index (Phi) is 2.88. The van der Waals surface area contributed by atoms with Gasteiger partial charge in [0, 0.05) is 0 Å². The minimum absolute atomic E-state index is 1.31. The van der Waals surface area contributed by atoms with Gasteiger partial charge in [-0.1, -0.05) is 97.1 Å². The number of hydrogen-bond acceptors (Lipinski definition) is 0. The van der Waals surface area contributed by atoms with Crippen LogP contribution in [0.3, 0.4) is 0 Å². The number of fused-ring (bicyclic) bond motifs is 5. The first kappa shape index (κ1) is 17.1. The van der Waals surface area contributed by atoms with Crippen LogP contribution in [0.5, 0.6) is 0 Å². The zero-order valence-corrected chi connectivity index (χ0v) is 18.4. The molecule has 0 heterocycles. The first-order valence-electron chi connectivity index (χ1n) is 12.0. The van der Waals surface area contributed by atoms with E-state index in [-0.39, 0.29) is 0 Å². The van der Waals surface area contributed by atoms with Crippen molar-refractivity contribution in [2.45, 2.75) is 0 Å². The van der Waals surface area contributed by atoms with Crippen molar-refractivity contribution < 1.29 is 0 Å². The average molecular weight is 427 g/mol. The van der Waals surface area contributed by atoms with Crippen LogP contribution in [0.4, 0.5) is 0 Å². The summed E-state index contributed by atoms with van der Waals surface area (Å²) in [5, 5.41) is 21.6. The molecule has 0 amide bonds. The van der Waals surface area contributed by atoms with E-state index < -0.39 is 0 Å². The molecular formula is C34H18. The van der Waals surface area contributed by atoms with Crippen LogP contribution in [0.2, 0.25) is 0 Å². The van der Waals surface area contributed by atoms with Gasteiger partial charge in [0.2, 0.25) is 0 Å². The zero-order valence-electron chi connectivity index (χ0n) is 18.4. The lowest BCUT2D eigenvalue weighted by atomic mass is 9.84. The molecule has 0 spiro atoms. The molecule has 0 nitrogen and oxygen atoms in total. The van der Waals surface area contributed by atoms with E-state index in [2.05, 4.69) is 109 Å². The van der Waals surface area contributed by atoms with E-state index >= 15 is 0 Å². The summed E-state index contributed by atoms with van der Waals surface area (Å²) >= 11 is 0. The summed E-state index contributed by atoms with van der Waals surface area (Å²) in [6.07, 6.45) is 0. The molecule has 0 atom stereocenters. The van der Waals surface area contributed by atoms with Gasteiger partial charge >= 0.3 is 0 Å². The second-order valence-electron chi connectivity index (χ2n) is 9.69. The van der Waals surface area contributed by atoms with Gasteiger partial charge in [-0.25, -0.2) is 0 Å². The van der Waals surface area contributed by atoms with Gasteiger partial charge in [-0.15, -0.1) is 0 Å². The van der Waals surface area contributed by atoms with Crippen molar-refractivity contribution in [1.82, 2.24) is 0 Å². The standard InChI is InChI=1S/C34H18/c1-5-20-13-14-23-18-29-28(26-16-15-21(6-1)30(20)32(23)26)17-22-9-4-11-25-24-10-2-7-19-8-3-12-27(31(19)24)34(29)33(22)25/h1-18H. The molecule has 0 unspecified atom stereocenters. The lowest BCUT2D eigenvalue weighted by Gasteiger charge is -2.19. The molecule has 0 radical (unpaired) electrons. The summed E-state index contributed by atoms with van der Waals surface area (Å²) < 4.78 is 0. The van der Waals surface area contributed by atoms with Gasteiger partial charge in [0.1, 0.15) is 0 Å². The normalized spacial score (nSPS) is 12.7. The van der Waals surface area contributed by atoms with Crippen LogP contribution in [-0.2, 0) is 0 Å². The summed E-state index contributed by atoms with van der Waals surface area (Å²) in [6.45, 7) is 0. The minimum Gasteiger partial charge on any atom is -0.0610 e. The molecular weight excluding hydrogens is 408 g/mol. The summed E-state index contributed by atoms with van der Waals surface area (Å²) in [4.78, 5) is 0. The molecule has 0 fully saturated rings. The van der Waals surface area contributed by atoms with Crippen molar-refractivity contribution in [2.75, 3.05) is 0 Å². The highest BCUT2D eigenvalue weighted by Crippen LogP contribution is 2.46. The van der Waals surface area contributed by atoms with E-state index in [1.54, 1.807) is 0 Å². The Bertz CT molecular complexity index is 2250. The van der Waals surface area contributed by atoms with Crippen molar-refractivity contribution in [2.24, 2.45) is 0 Å². The lowest BCUT2D eigenvalue weighted by Crippen LogP contribution is -1.90. The molecule has 9 rings (SSSR count). The summed E-state index contributed by atoms with van der Waals surface area (Å²) in [5.74, 6) is 0. The molecule has 34 heavy (non-hydrogen) atoms. The Morgan fingerprint density at radius 2 is 0.706 bits per heavy atom. The smallest absolute Gasteiger partial charge is 0.00137 e. The number of rotatable bonds is 0. The van der Waals surface area contributed by atoms with E-state index in [1.165, 1.54) is 86.2 Å². The molecule has 0 saturated carbocycles. The van der Waals surface area contributed by atoms with Crippen LogP contribution in [0, 0.1) is 0 Å². The fourth-order valence-corrected chi connectivity index (χ4v) is 6.73. The first-order chi connectivity index (χ1) is 16.9. The molecule has 0 aromatic heterocycles. The molecule has 0 aliphatic heterocycles. The van der Waals surface area contributed by atoms with Gasteiger partial charge in [-0.05, 0) is 98.3 Å². The third-order valence-electron chi connectivity index (χ3n) is 8.07. The quantitative estimate of drug-likeness (QED) is 0.167. The molecule has 0 aliphatic rings. The second-order valence-corrected chi connectivity index (χ2v) is 9.69. The molecule has 0 aliphatic carbocycles. The number of hydrogen-bond donors (Lipinski definition) is 0. The SMILES string of the molecule is c1cc2ccc3cc4c(cc5cccc6c7cccc8cccc(c87)c4c56)c4ccc(c1)c2c34. The van der Waals surface area contributed by atoms with Crippen LogP contribution in [-0.4, -0.2) is 0 Å². The third-order valence-corrected chi connectivity index (χ3v) is 8.07. The molecule has 0 saturated heterocycles. The number of benzene rings is 9. The molecule has 9 aromatic carbocycles. The maximum absolute atomic E-state index is 2.45. The van der Waals surface area contributed by atoms with E-state index in [9.17, 15) is 0 Å². The molecule has 0 N–H and O–H groups in total. The largest absolute Gasteiger partial charge is 0.0610 e. The summed E-state index contributed by atoms with van der Waals surface area (Å²) in [6, 6.07) is 41.0. The third kappa shape index (κ3) is 1.89. The molecule has 154 valence electrons. The molecule has 0 bridgehead atoms. The Labute approximate surface area is 195 Å². The van der Waals surface area contributed by atoms with Gasteiger partial charge in [0.15, 0.2) is 0 Å². The van der Waals surface area contributed by atoms with Crippen molar-refractivity contribution >= 4 is 86.2 Å². The van der Waals surface area contributed by atoms with Gasteiger partial charge < -0.3 is 0 Å². The van der Waals surface area contributed by atoms with E-state index in [4.69, 9.17) is 0 Å². The zero-order chi connectivity index (χ0) is 22.0.